The molecule has 2 rings (SSSR count). The molecule has 0 heterocycles. The van der Waals surface area contributed by atoms with Crippen molar-refractivity contribution in [3.63, 3.8) is 0 Å². The molecule has 0 radical (unpaired) electrons. The maximum atomic E-state index is 12.0. The number of carbonyl (C=O) groups excluding carboxylic acids is 1. The van der Waals surface area contributed by atoms with Gasteiger partial charge in [-0.15, -0.1) is 0 Å². The Morgan fingerprint density at radius 1 is 1.05 bits per heavy atom. The van der Waals surface area contributed by atoms with E-state index in [0.717, 1.165) is 16.6 Å². The topological polar surface area (TPSA) is 29.1 Å². The number of benzene rings is 2. The molecule has 1 amide bonds. The summed E-state index contributed by atoms with van der Waals surface area (Å²) in [6.45, 7) is 1.86. The number of anilines is 1. The number of nitrogens with one attached hydrogen (secondary N) is 1. The summed E-state index contributed by atoms with van der Waals surface area (Å²) in [4.78, 5) is 12.0. The van der Waals surface area contributed by atoms with Gasteiger partial charge in [0.2, 0.25) is 0 Å². The first-order chi connectivity index (χ1) is 9.75. The first kappa shape index (κ1) is 14.6. The van der Waals surface area contributed by atoms with E-state index < -0.39 is 0 Å². The van der Waals surface area contributed by atoms with Crippen LogP contribution in [0.1, 0.15) is 6.92 Å². The van der Waals surface area contributed by atoms with E-state index in [1.54, 1.807) is 0 Å². The van der Waals surface area contributed by atoms with Crippen LogP contribution in [0.4, 0.5) is 5.69 Å². The molecule has 0 atom stereocenters. The van der Waals surface area contributed by atoms with Crippen molar-refractivity contribution >= 4 is 31.0 Å². The van der Waals surface area contributed by atoms with E-state index in [9.17, 15) is 4.79 Å². The van der Waals surface area contributed by atoms with Crippen molar-refractivity contribution in [3.8, 4) is 0 Å². The molecule has 0 unspecified atom stereocenters. The molecule has 0 aliphatic carbocycles. The molecule has 0 aliphatic rings. The molecule has 2 aromatic rings. The third kappa shape index (κ3) is 4.69. The van der Waals surface area contributed by atoms with Crippen LogP contribution in [-0.4, -0.2) is 20.9 Å². The monoisotopic (exact) mass is 331 g/mol. The summed E-state index contributed by atoms with van der Waals surface area (Å²) in [6.07, 6.45) is 2.02. The van der Waals surface area contributed by atoms with Crippen molar-refractivity contribution in [2.24, 2.45) is 0 Å². The van der Waals surface area contributed by atoms with E-state index in [0.29, 0.717) is 15.0 Å². The minimum atomic E-state index is -0.0277. The van der Waals surface area contributed by atoms with Crippen molar-refractivity contribution in [2.45, 2.75) is 12.2 Å². The predicted octanol–water partition coefficient (Wildman–Crippen LogP) is 3.02. The second kappa shape index (κ2) is 7.68. The SMILES string of the molecule is C/C(=C\C[Se]c1ccccc1)C(=O)Nc1ccccc1. The number of allylic oxidation sites excluding steroid dienone is 1. The zero-order chi connectivity index (χ0) is 14.2. The summed E-state index contributed by atoms with van der Waals surface area (Å²) < 4.78 is 1.35. The van der Waals surface area contributed by atoms with Crippen LogP contribution < -0.4 is 9.78 Å². The Bertz CT molecular complexity index is 578. The predicted molar refractivity (Wildman–Crippen MR) is 85.5 cm³/mol. The van der Waals surface area contributed by atoms with Gasteiger partial charge in [-0.05, 0) is 0 Å². The molecule has 2 aromatic carbocycles. The number of hydrogen-bond donors (Lipinski definition) is 1. The molecule has 0 bridgehead atoms. The fourth-order valence-electron chi connectivity index (χ4n) is 1.62. The summed E-state index contributed by atoms with van der Waals surface area (Å²) in [5.41, 5.74) is 1.60. The summed E-state index contributed by atoms with van der Waals surface area (Å²) in [5.74, 6) is -0.0277. The molecule has 0 fully saturated rings. The Labute approximate surface area is 126 Å². The molecule has 0 saturated carbocycles. The zero-order valence-electron chi connectivity index (χ0n) is 11.4. The van der Waals surface area contributed by atoms with Crippen molar-refractivity contribution in [3.05, 3.63) is 72.3 Å². The fourth-order valence-corrected chi connectivity index (χ4v) is 3.46. The van der Waals surface area contributed by atoms with Gasteiger partial charge in [0.1, 0.15) is 0 Å². The normalized spacial score (nSPS) is 11.2. The van der Waals surface area contributed by atoms with Crippen molar-refractivity contribution in [1.29, 1.82) is 0 Å². The van der Waals surface area contributed by atoms with E-state index in [2.05, 4.69) is 29.6 Å². The molecule has 102 valence electrons. The summed E-state index contributed by atoms with van der Waals surface area (Å²) >= 11 is 0.384. The second-order valence-corrected chi connectivity index (χ2v) is 6.63. The van der Waals surface area contributed by atoms with Crippen molar-refractivity contribution in [1.82, 2.24) is 0 Å². The average Bonchev–Trinajstić information content (AvgIpc) is 2.49. The van der Waals surface area contributed by atoms with Gasteiger partial charge in [-0.3, -0.25) is 0 Å². The van der Waals surface area contributed by atoms with Crippen LogP contribution in [0.25, 0.3) is 0 Å². The van der Waals surface area contributed by atoms with Crippen molar-refractivity contribution < 1.29 is 4.79 Å². The van der Waals surface area contributed by atoms with E-state index in [-0.39, 0.29) is 5.91 Å². The van der Waals surface area contributed by atoms with Crippen LogP contribution in [0, 0.1) is 0 Å². The van der Waals surface area contributed by atoms with Crippen LogP contribution in [0.15, 0.2) is 72.3 Å². The molecule has 0 aromatic heterocycles. The number of rotatable bonds is 5. The maximum absolute atomic E-state index is 12.0. The van der Waals surface area contributed by atoms with E-state index in [1.807, 2.05) is 49.4 Å². The number of amides is 1. The second-order valence-electron chi connectivity index (χ2n) is 4.33. The number of para-hydroxylation sites is 1. The molecule has 0 spiro atoms. The molecule has 3 heteroatoms. The third-order valence-electron chi connectivity index (χ3n) is 2.77. The van der Waals surface area contributed by atoms with E-state index in [4.69, 9.17) is 0 Å². The van der Waals surface area contributed by atoms with Gasteiger partial charge < -0.3 is 0 Å². The Kier molecular flexibility index (Phi) is 5.60. The molecule has 1 N–H and O–H groups in total. The fraction of sp³-hybridized carbons (Fsp3) is 0.118. The standard InChI is InChI=1S/C17H17NOSe/c1-14(12-13-20-16-10-6-3-7-11-16)17(19)18-15-8-4-2-5-9-15/h2-12H,13H2,1H3,(H,18,19)/b14-12+. The summed E-state index contributed by atoms with van der Waals surface area (Å²) in [5, 5.41) is 3.83. The van der Waals surface area contributed by atoms with E-state index >= 15 is 0 Å². The first-order valence-electron chi connectivity index (χ1n) is 6.47. The molecular weight excluding hydrogens is 313 g/mol. The van der Waals surface area contributed by atoms with Crippen molar-refractivity contribution in [2.75, 3.05) is 5.32 Å². The number of hydrogen-bond acceptors (Lipinski definition) is 1. The Morgan fingerprint density at radius 2 is 1.65 bits per heavy atom. The average molecular weight is 330 g/mol. The summed E-state index contributed by atoms with van der Waals surface area (Å²) in [6, 6.07) is 19.9. The molecule has 0 saturated heterocycles. The minimum absolute atomic E-state index is 0.0277. The van der Waals surface area contributed by atoms with Crippen LogP contribution in [0.3, 0.4) is 0 Å². The zero-order valence-corrected chi connectivity index (χ0v) is 13.1. The van der Waals surface area contributed by atoms with Gasteiger partial charge in [-0.2, -0.15) is 0 Å². The third-order valence-corrected chi connectivity index (χ3v) is 4.74. The first-order valence-corrected chi connectivity index (χ1v) is 8.53. The summed E-state index contributed by atoms with van der Waals surface area (Å²) in [7, 11) is 0. The van der Waals surface area contributed by atoms with Gasteiger partial charge in [-0.25, -0.2) is 0 Å². The number of carbonyl (C=O) groups is 1. The van der Waals surface area contributed by atoms with Gasteiger partial charge in [0, 0.05) is 0 Å². The van der Waals surface area contributed by atoms with Gasteiger partial charge in [-0.1, -0.05) is 0 Å². The van der Waals surface area contributed by atoms with Gasteiger partial charge in [0.05, 0.1) is 0 Å². The van der Waals surface area contributed by atoms with Crippen LogP contribution in [0.5, 0.6) is 0 Å². The van der Waals surface area contributed by atoms with Gasteiger partial charge in [0.25, 0.3) is 0 Å². The molecular formula is C17H17NOSe. The van der Waals surface area contributed by atoms with Gasteiger partial charge >= 0.3 is 126 Å². The Morgan fingerprint density at radius 3 is 2.30 bits per heavy atom. The van der Waals surface area contributed by atoms with Crippen LogP contribution >= 0.6 is 0 Å². The Balaban J connectivity index is 1.85. The van der Waals surface area contributed by atoms with E-state index in [1.165, 1.54) is 4.46 Å². The van der Waals surface area contributed by atoms with Gasteiger partial charge in [0.15, 0.2) is 0 Å². The van der Waals surface area contributed by atoms with Crippen LogP contribution in [0.2, 0.25) is 5.32 Å². The molecule has 0 aliphatic heterocycles. The quantitative estimate of drug-likeness (QED) is 0.663. The Hall–Kier alpha value is -1.83. The molecule has 20 heavy (non-hydrogen) atoms. The van der Waals surface area contributed by atoms with Crippen LogP contribution in [-0.2, 0) is 4.79 Å². The molecule has 2 nitrogen and oxygen atoms in total.